The van der Waals surface area contributed by atoms with Crippen molar-refractivity contribution in [2.24, 2.45) is 29.6 Å². The molecule has 6 unspecified atom stereocenters. The number of likely N-dealkylation sites (tertiary alicyclic amines) is 1. The summed E-state index contributed by atoms with van der Waals surface area (Å²) in [5.41, 5.74) is 0.916. The van der Waals surface area contributed by atoms with Crippen LogP contribution in [0.3, 0.4) is 0 Å². The largest absolute Gasteiger partial charge is 0.493 e. The highest BCUT2D eigenvalue weighted by atomic mass is 32.2. The summed E-state index contributed by atoms with van der Waals surface area (Å²) < 4.78 is 16.9. The van der Waals surface area contributed by atoms with E-state index in [9.17, 15) is 24.0 Å². The number of carboxylic acids is 1. The lowest BCUT2D eigenvalue weighted by Gasteiger charge is -2.43. The maximum Gasteiger partial charge on any atom is 0.305 e. The quantitative estimate of drug-likeness (QED) is 0.388. The first kappa shape index (κ1) is 29.4. The van der Waals surface area contributed by atoms with Crippen molar-refractivity contribution in [3.05, 3.63) is 38.3 Å². The Labute approximate surface area is 261 Å². The second-order valence-corrected chi connectivity index (χ2v) is 14.2. The highest BCUT2D eigenvalue weighted by molar-refractivity contribution is 8.00. The maximum absolute atomic E-state index is 13.6. The van der Waals surface area contributed by atoms with Crippen molar-refractivity contribution in [3.8, 4) is 11.5 Å². The summed E-state index contributed by atoms with van der Waals surface area (Å²) in [7, 11) is 1.54. The molecule has 3 aliphatic heterocycles. The van der Waals surface area contributed by atoms with Crippen molar-refractivity contribution >= 4 is 46.8 Å². The number of ether oxygens (including phenoxy) is 3. The van der Waals surface area contributed by atoms with Crippen LogP contribution in [0, 0.1) is 29.6 Å². The van der Waals surface area contributed by atoms with Crippen LogP contribution in [0.5, 0.6) is 11.5 Å². The average molecular weight is 644 g/mol. The number of benzene rings is 1. The first-order valence-corrected chi connectivity index (χ1v) is 16.6. The molecule has 12 nitrogen and oxygen atoms in total. The smallest absolute Gasteiger partial charge is 0.305 e. The summed E-state index contributed by atoms with van der Waals surface area (Å²) in [6, 6.07) is 5.62. The molecule has 14 heteroatoms. The van der Waals surface area contributed by atoms with Crippen LogP contribution < -0.4 is 14.3 Å². The van der Waals surface area contributed by atoms with Gasteiger partial charge in [-0.25, -0.2) is 0 Å². The van der Waals surface area contributed by atoms with Gasteiger partial charge in [-0.1, -0.05) is 17.4 Å². The van der Waals surface area contributed by atoms with Gasteiger partial charge < -0.3 is 29.2 Å². The average Bonchev–Trinajstić information content (AvgIpc) is 3.76. The number of aromatic nitrogens is 1. The van der Waals surface area contributed by atoms with E-state index in [1.165, 1.54) is 16.2 Å². The molecule has 2 aromatic rings. The summed E-state index contributed by atoms with van der Waals surface area (Å²) in [5.74, 6) is -1.66. The number of amides is 3. The molecule has 4 fully saturated rings. The van der Waals surface area contributed by atoms with Gasteiger partial charge in [-0.05, 0) is 48.3 Å². The number of carbonyl (C=O) groups is 4. The van der Waals surface area contributed by atoms with Crippen molar-refractivity contribution < 1.29 is 38.5 Å². The number of thiazole rings is 1. The Bertz CT molecular complexity index is 1570. The van der Waals surface area contributed by atoms with Crippen LogP contribution in [0.4, 0.5) is 0 Å². The van der Waals surface area contributed by atoms with Gasteiger partial charge in [0.2, 0.25) is 11.8 Å². The van der Waals surface area contributed by atoms with Gasteiger partial charge in [0.25, 0.3) is 5.91 Å². The van der Waals surface area contributed by atoms with E-state index in [1.54, 1.807) is 29.8 Å². The van der Waals surface area contributed by atoms with Gasteiger partial charge in [0.05, 0.1) is 37.2 Å². The van der Waals surface area contributed by atoms with E-state index in [0.29, 0.717) is 37.8 Å². The number of hydrogen-bond acceptors (Lipinski definition) is 10. The Balaban J connectivity index is 1.17. The van der Waals surface area contributed by atoms with E-state index < -0.39 is 17.8 Å². The molecule has 2 saturated heterocycles. The summed E-state index contributed by atoms with van der Waals surface area (Å²) in [6.45, 7) is 2.06. The van der Waals surface area contributed by atoms with Crippen LogP contribution in [0.2, 0.25) is 0 Å². The lowest BCUT2D eigenvalue weighted by atomic mass is 9.68. The predicted octanol–water partition coefficient (Wildman–Crippen LogP) is 2.02. The molecule has 44 heavy (non-hydrogen) atoms. The molecule has 1 aromatic carbocycles. The van der Waals surface area contributed by atoms with Gasteiger partial charge >= 0.3 is 10.8 Å². The Kier molecular flexibility index (Phi) is 7.69. The van der Waals surface area contributed by atoms with E-state index in [1.807, 2.05) is 12.1 Å². The topological polar surface area (TPSA) is 156 Å². The number of carboxylic acid groups (broad SMARTS) is 1. The summed E-state index contributed by atoms with van der Waals surface area (Å²) in [4.78, 5) is 70.2. The summed E-state index contributed by atoms with van der Waals surface area (Å²) in [5, 5.41) is 9.89. The van der Waals surface area contributed by atoms with Gasteiger partial charge in [-0.2, -0.15) is 0 Å². The van der Waals surface area contributed by atoms with Crippen LogP contribution in [0.15, 0.2) is 28.0 Å². The number of rotatable bonds is 9. The number of carbonyl (C=O) groups excluding carboxylic acids is 3. The molecule has 234 valence electrons. The third-order valence-corrected chi connectivity index (χ3v) is 12.4. The number of thioether (sulfide) groups is 1. The number of morpholine rings is 1. The minimum atomic E-state index is -0.953. The van der Waals surface area contributed by atoms with Crippen molar-refractivity contribution in [3.63, 3.8) is 0 Å². The molecular formula is C30H33N3O9S2. The molecule has 0 spiro atoms. The van der Waals surface area contributed by atoms with Gasteiger partial charge in [0, 0.05) is 42.1 Å². The van der Waals surface area contributed by atoms with E-state index in [4.69, 9.17) is 19.3 Å². The normalized spacial score (nSPS) is 30.2. The van der Waals surface area contributed by atoms with Crippen LogP contribution in [0.25, 0.3) is 0 Å². The highest BCUT2D eigenvalue weighted by Crippen LogP contribution is 2.68. The Morgan fingerprint density at radius 1 is 1.09 bits per heavy atom. The standard InChI is InChI=1S/C30H33N3O9S2/c1-40-18-11-14(4-5-17(18)42-13-19(34)32-7-9-41-10-8-32)21-22-15-12-16(25(22)43-27-26(21)44-30(39)31-27)24-23(15)28(37)33(29(24)38)6-2-3-20(35)36/h4-5,11,15-16,21-25H,2-3,6-10,12-13H2,1H3,(H,31,39)(H,35,36)/t15?,16?,21-,22?,23?,24?,25?/m1/s1. The monoisotopic (exact) mass is 643 g/mol. The number of nitrogens with zero attached hydrogens (tertiary/aromatic N) is 2. The third kappa shape index (κ3) is 4.81. The van der Waals surface area contributed by atoms with Crippen molar-refractivity contribution in [1.29, 1.82) is 0 Å². The van der Waals surface area contributed by atoms with E-state index in [2.05, 4.69) is 4.98 Å². The summed E-state index contributed by atoms with van der Waals surface area (Å²) >= 11 is 2.79. The fourth-order valence-corrected chi connectivity index (χ4v) is 11.0. The van der Waals surface area contributed by atoms with Crippen LogP contribution >= 0.6 is 23.1 Å². The molecule has 7 rings (SSSR count). The molecule has 4 heterocycles. The molecule has 5 aliphatic rings. The van der Waals surface area contributed by atoms with Crippen LogP contribution in [-0.2, 0) is 23.9 Å². The molecular weight excluding hydrogens is 610 g/mol. The first-order valence-electron chi connectivity index (χ1n) is 14.9. The third-order valence-electron chi connectivity index (χ3n) is 9.85. The lowest BCUT2D eigenvalue weighted by Crippen LogP contribution is -2.43. The zero-order chi connectivity index (χ0) is 30.7. The first-order chi connectivity index (χ1) is 21.3. The van der Waals surface area contributed by atoms with Gasteiger partial charge in [-0.15, -0.1) is 11.8 Å². The number of nitrogens with one attached hydrogen (secondary N) is 1. The fraction of sp³-hybridized carbons (Fsp3) is 0.567. The molecule has 0 radical (unpaired) electrons. The minimum absolute atomic E-state index is 0.0142. The molecule has 3 amide bonds. The molecule has 2 aliphatic carbocycles. The van der Waals surface area contributed by atoms with E-state index in [-0.39, 0.29) is 77.5 Å². The van der Waals surface area contributed by atoms with Crippen molar-refractivity contribution in [2.45, 2.75) is 35.5 Å². The number of imide groups is 1. The molecule has 7 atom stereocenters. The zero-order valence-electron chi connectivity index (χ0n) is 24.1. The lowest BCUT2D eigenvalue weighted by molar-refractivity contribution is -0.142. The highest BCUT2D eigenvalue weighted by Gasteiger charge is 2.69. The number of hydrogen-bond donors (Lipinski definition) is 2. The number of aliphatic carboxylic acids is 1. The zero-order valence-corrected chi connectivity index (χ0v) is 25.7. The molecule has 2 bridgehead atoms. The number of aromatic amines is 1. The minimum Gasteiger partial charge on any atom is -0.493 e. The fourth-order valence-electron chi connectivity index (χ4n) is 8.10. The molecule has 2 N–H and O–H groups in total. The second-order valence-electron chi connectivity index (χ2n) is 12.0. The van der Waals surface area contributed by atoms with Crippen LogP contribution in [-0.4, -0.2) is 95.4 Å². The van der Waals surface area contributed by atoms with E-state index in [0.717, 1.165) is 21.9 Å². The number of fused-ring (bicyclic) bond motifs is 9. The van der Waals surface area contributed by atoms with Gasteiger partial charge in [-0.3, -0.25) is 28.9 Å². The Morgan fingerprint density at radius 3 is 2.57 bits per heavy atom. The SMILES string of the molecule is COc1cc([C@H]2c3sc(=O)[nH]c3SC3C4CC(C5C(=O)N(CCCC(=O)O)C(=O)C45)C32)ccc1OCC(=O)N1CCOCC1. The maximum atomic E-state index is 13.6. The number of methoxy groups -OCH3 is 1. The van der Waals surface area contributed by atoms with Crippen LogP contribution in [0.1, 0.15) is 35.6 Å². The van der Waals surface area contributed by atoms with Crippen molar-refractivity contribution in [2.75, 3.05) is 46.6 Å². The predicted molar refractivity (Wildman–Crippen MR) is 158 cm³/mol. The van der Waals surface area contributed by atoms with Crippen molar-refractivity contribution in [1.82, 2.24) is 14.8 Å². The van der Waals surface area contributed by atoms with Gasteiger partial charge in [0.1, 0.15) is 0 Å². The Hall–Kier alpha value is -3.36. The molecule has 1 aromatic heterocycles. The van der Waals surface area contributed by atoms with E-state index >= 15 is 0 Å². The van der Waals surface area contributed by atoms with Gasteiger partial charge in [0.15, 0.2) is 18.1 Å². The second kappa shape index (κ2) is 11.5. The number of H-pyrrole nitrogens is 1. The molecule has 2 saturated carbocycles. The Morgan fingerprint density at radius 2 is 1.84 bits per heavy atom. The summed E-state index contributed by atoms with van der Waals surface area (Å²) in [6.07, 6.45) is 0.894.